The van der Waals surface area contributed by atoms with Crippen molar-refractivity contribution in [2.45, 2.75) is 12.6 Å². The van der Waals surface area contributed by atoms with Crippen LogP contribution in [0.4, 0.5) is 5.69 Å². The summed E-state index contributed by atoms with van der Waals surface area (Å²) in [5, 5.41) is 4.71. The van der Waals surface area contributed by atoms with Crippen LogP contribution in [0, 0.1) is 0 Å². The smallest absolute Gasteiger partial charge is 0.0939 e. The molecule has 0 aliphatic carbocycles. The molecule has 2 fully saturated rings. The summed E-state index contributed by atoms with van der Waals surface area (Å²) in [5.74, 6) is 0. The van der Waals surface area contributed by atoms with Crippen molar-refractivity contribution in [3.05, 3.63) is 30.3 Å². The van der Waals surface area contributed by atoms with Gasteiger partial charge in [-0.3, -0.25) is 4.90 Å². The zero-order valence-electron chi connectivity index (χ0n) is 9.55. The summed E-state index contributed by atoms with van der Waals surface area (Å²) in [5.41, 5.74) is 1.34. The number of para-hydroxylation sites is 1. The van der Waals surface area contributed by atoms with Crippen molar-refractivity contribution in [1.82, 2.24) is 10.2 Å². The number of rotatable bonds is 2. The van der Waals surface area contributed by atoms with E-state index in [9.17, 15) is 0 Å². The summed E-state index contributed by atoms with van der Waals surface area (Å²) in [6, 6.07) is 10.7. The minimum Gasteiger partial charge on any atom is -0.367 e. The van der Waals surface area contributed by atoms with Crippen molar-refractivity contribution in [3.8, 4) is 0 Å². The number of benzene rings is 1. The summed E-state index contributed by atoms with van der Waals surface area (Å²) in [4.78, 5) is 4.94. The highest BCUT2D eigenvalue weighted by Gasteiger charge is 2.29. The Bertz CT molecular complexity index is 334. The predicted molar refractivity (Wildman–Crippen MR) is 65.6 cm³/mol. The van der Waals surface area contributed by atoms with Gasteiger partial charge in [-0.05, 0) is 18.6 Å². The van der Waals surface area contributed by atoms with Gasteiger partial charge in [-0.2, -0.15) is 0 Å². The van der Waals surface area contributed by atoms with E-state index in [1.807, 2.05) is 0 Å². The van der Waals surface area contributed by atoms with Gasteiger partial charge in [-0.25, -0.2) is 5.32 Å². The van der Waals surface area contributed by atoms with E-state index in [1.54, 1.807) is 0 Å². The van der Waals surface area contributed by atoms with E-state index < -0.39 is 0 Å². The van der Waals surface area contributed by atoms with Gasteiger partial charge in [0.2, 0.25) is 0 Å². The van der Waals surface area contributed by atoms with Gasteiger partial charge >= 0.3 is 0 Å². The lowest BCUT2D eigenvalue weighted by molar-refractivity contribution is 0.0886. The maximum atomic E-state index is 4.71. The molecular formula is C13H18N3. The van der Waals surface area contributed by atoms with Gasteiger partial charge in [0, 0.05) is 38.4 Å². The van der Waals surface area contributed by atoms with Gasteiger partial charge in [-0.15, -0.1) is 0 Å². The van der Waals surface area contributed by atoms with Crippen LogP contribution in [-0.4, -0.2) is 43.8 Å². The zero-order chi connectivity index (χ0) is 10.8. The molecule has 1 unspecified atom stereocenters. The second-order valence-corrected chi connectivity index (χ2v) is 4.56. The number of anilines is 1. The molecule has 3 heteroatoms. The normalized spacial score (nSPS) is 26.5. The largest absolute Gasteiger partial charge is 0.367 e. The SMILES string of the molecule is c1ccc(N2CC[N]C(N3CCC3)C2)cc1. The van der Waals surface area contributed by atoms with E-state index in [0.29, 0.717) is 6.17 Å². The second kappa shape index (κ2) is 4.44. The highest BCUT2D eigenvalue weighted by atomic mass is 15.4. The van der Waals surface area contributed by atoms with Crippen LogP contribution in [-0.2, 0) is 0 Å². The van der Waals surface area contributed by atoms with Crippen LogP contribution in [0.3, 0.4) is 0 Å². The minimum absolute atomic E-state index is 0.433. The molecular weight excluding hydrogens is 198 g/mol. The molecule has 3 rings (SSSR count). The lowest BCUT2D eigenvalue weighted by Crippen LogP contribution is -2.59. The van der Waals surface area contributed by atoms with Crippen molar-refractivity contribution in [2.24, 2.45) is 0 Å². The molecule has 16 heavy (non-hydrogen) atoms. The molecule has 2 heterocycles. The van der Waals surface area contributed by atoms with E-state index in [1.165, 1.54) is 25.2 Å². The highest BCUT2D eigenvalue weighted by Crippen LogP contribution is 2.19. The van der Waals surface area contributed by atoms with Crippen LogP contribution in [0.2, 0.25) is 0 Å². The molecule has 0 bridgehead atoms. The molecule has 1 atom stereocenters. The quantitative estimate of drug-likeness (QED) is 0.739. The first-order valence-corrected chi connectivity index (χ1v) is 6.14. The Morgan fingerprint density at radius 3 is 2.56 bits per heavy atom. The lowest BCUT2D eigenvalue weighted by Gasteiger charge is -2.43. The van der Waals surface area contributed by atoms with Gasteiger partial charge in [-0.1, -0.05) is 18.2 Å². The Morgan fingerprint density at radius 1 is 1.06 bits per heavy atom. The Morgan fingerprint density at radius 2 is 1.88 bits per heavy atom. The molecule has 1 aromatic rings. The Balaban J connectivity index is 1.67. The van der Waals surface area contributed by atoms with Gasteiger partial charge < -0.3 is 4.90 Å². The van der Waals surface area contributed by atoms with Gasteiger partial charge in [0.15, 0.2) is 0 Å². The highest BCUT2D eigenvalue weighted by molar-refractivity contribution is 5.46. The molecule has 2 aliphatic heterocycles. The maximum absolute atomic E-state index is 4.71. The number of nitrogens with zero attached hydrogens (tertiary/aromatic N) is 3. The van der Waals surface area contributed by atoms with Gasteiger partial charge in [0.25, 0.3) is 0 Å². The fourth-order valence-corrected chi connectivity index (χ4v) is 2.42. The standard InChI is InChI=1S/C13H18N3/c1-2-5-12(6-3-1)16-10-7-14-13(11-16)15-8-4-9-15/h1-3,5-6,13H,4,7-11H2. The first kappa shape index (κ1) is 10.1. The van der Waals surface area contributed by atoms with E-state index >= 15 is 0 Å². The van der Waals surface area contributed by atoms with Crippen LogP contribution in [0.25, 0.3) is 0 Å². The average Bonchev–Trinajstić information content (AvgIpc) is 2.28. The van der Waals surface area contributed by atoms with Crippen molar-refractivity contribution >= 4 is 5.69 Å². The van der Waals surface area contributed by atoms with E-state index in [2.05, 4.69) is 40.1 Å². The summed E-state index contributed by atoms with van der Waals surface area (Å²) >= 11 is 0. The first-order valence-electron chi connectivity index (χ1n) is 6.14. The van der Waals surface area contributed by atoms with Crippen LogP contribution < -0.4 is 10.2 Å². The molecule has 1 aromatic carbocycles. The first-order chi connectivity index (χ1) is 7.93. The number of hydrogen-bond acceptors (Lipinski definition) is 2. The average molecular weight is 216 g/mol. The monoisotopic (exact) mass is 216 g/mol. The van der Waals surface area contributed by atoms with Gasteiger partial charge in [0.1, 0.15) is 0 Å². The Kier molecular flexibility index (Phi) is 2.80. The van der Waals surface area contributed by atoms with E-state index in [0.717, 1.165) is 19.6 Å². The molecule has 0 amide bonds. The van der Waals surface area contributed by atoms with Crippen LogP contribution >= 0.6 is 0 Å². The summed E-state index contributed by atoms with van der Waals surface area (Å²) in [6.07, 6.45) is 1.78. The van der Waals surface area contributed by atoms with Crippen molar-refractivity contribution in [3.63, 3.8) is 0 Å². The number of piperazine rings is 1. The molecule has 1 radical (unpaired) electrons. The molecule has 0 N–H and O–H groups in total. The molecule has 0 saturated carbocycles. The summed E-state index contributed by atoms with van der Waals surface area (Å²) < 4.78 is 0. The number of likely N-dealkylation sites (tertiary alicyclic amines) is 1. The summed E-state index contributed by atoms with van der Waals surface area (Å²) in [6.45, 7) is 5.56. The fourth-order valence-electron chi connectivity index (χ4n) is 2.42. The number of hydrogen-bond donors (Lipinski definition) is 0. The van der Waals surface area contributed by atoms with Crippen molar-refractivity contribution < 1.29 is 0 Å². The van der Waals surface area contributed by atoms with E-state index in [-0.39, 0.29) is 0 Å². The third-order valence-corrected chi connectivity index (χ3v) is 3.53. The molecule has 3 nitrogen and oxygen atoms in total. The molecule has 2 saturated heterocycles. The molecule has 2 aliphatic rings. The fraction of sp³-hybridized carbons (Fsp3) is 0.538. The van der Waals surface area contributed by atoms with E-state index in [4.69, 9.17) is 5.32 Å². The van der Waals surface area contributed by atoms with Crippen molar-refractivity contribution in [2.75, 3.05) is 37.6 Å². The van der Waals surface area contributed by atoms with Crippen LogP contribution in [0.1, 0.15) is 6.42 Å². The summed E-state index contributed by atoms with van der Waals surface area (Å²) in [7, 11) is 0. The van der Waals surface area contributed by atoms with Crippen LogP contribution in [0.5, 0.6) is 0 Å². The Labute approximate surface area is 97.0 Å². The predicted octanol–water partition coefficient (Wildman–Crippen LogP) is 1.14. The third-order valence-electron chi connectivity index (χ3n) is 3.53. The maximum Gasteiger partial charge on any atom is 0.0939 e. The van der Waals surface area contributed by atoms with Crippen molar-refractivity contribution in [1.29, 1.82) is 0 Å². The zero-order valence-corrected chi connectivity index (χ0v) is 9.55. The lowest BCUT2D eigenvalue weighted by atomic mass is 10.1. The van der Waals surface area contributed by atoms with Gasteiger partial charge in [0.05, 0.1) is 6.17 Å². The molecule has 85 valence electrons. The Hall–Kier alpha value is -1.06. The topological polar surface area (TPSA) is 20.6 Å². The minimum atomic E-state index is 0.433. The molecule has 0 spiro atoms. The second-order valence-electron chi connectivity index (χ2n) is 4.56. The molecule has 0 aromatic heterocycles. The van der Waals surface area contributed by atoms with Crippen LogP contribution in [0.15, 0.2) is 30.3 Å². The third kappa shape index (κ3) is 1.93.